The number of nitrogens with zero attached hydrogens (tertiary/aromatic N) is 1. The molecule has 0 aromatic heterocycles. The summed E-state index contributed by atoms with van der Waals surface area (Å²) < 4.78 is 0. The summed E-state index contributed by atoms with van der Waals surface area (Å²) in [4.78, 5) is 2.78. The molecule has 0 aromatic carbocycles. The third kappa shape index (κ3) is 5.25. The Morgan fingerprint density at radius 1 is 1.19 bits per heavy atom. The van der Waals surface area contributed by atoms with E-state index in [9.17, 15) is 0 Å². The second-order valence-corrected chi connectivity index (χ2v) is 8.51. The molecule has 0 bridgehead atoms. The summed E-state index contributed by atoms with van der Waals surface area (Å²) >= 11 is 0. The summed E-state index contributed by atoms with van der Waals surface area (Å²) in [7, 11) is 0. The number of likely N-dealkylation sites (tertiary alicyclic amines) is 1. The van der Waals surface area contributed by atoms with Crippen LogP contribution < -0.4 is 5.32 Å². The molecule has 1 heterocycles. The lowest BCUT2D eigenvalue weighted by molar-refractivity contribution is 0.0954. The van der Waals surface area contributed by atoms with E-state index in [0.717, 1.165) is 17.8 Å². The molecule has 2 nitrogen and oxygen atoms in total. The molecule has 1 saturated heterocycles. The zero-order valence-corrected chi connectivity index (χ0v) is 15.0. The Kier molecular flexibility index (Phi) is 6.55. The van der Waals surface area contributed by atoms with Gasteiger partial charge in [0.05, 0.1) is 0 Å². The van der Waals surface area contributed by atoms with Crippen molar-refractivity contribution in [2.75, 3.05) is 32.7 Å². The van der Waals surface area contributed by atoms with Gasteiger partial charge in [0.25, 0.3) is 0 Å². The highest BCUT2D eigenvalue weighted by molar-refractivity contribution is 4.91. The van der Waals surface area contributed by atoms with E-state index < -0.39 is 0 Å². The zero-order chi connectivity index (χ0) is 15.3. The van der Waals surface area contributed by atoms with Crippen LogP contribution >= 0.6 is 0 Å². The Balaban J connectivity index is 1.89. The molecule has 2 aliphatic rings. The summed E-state index contributed by atoms with van der Waals surface area (Å²) in [5.41, 5.74) is 0.560. The van der Waals surface area contributed by atoms with E-state index in [2.05, 4.69) is 37.9 Å². The van der Waals surface area contributed by atoms with Crippen LogP contribution in [-0.2, 0) is 0 Å². The molecule has 0 spiro atoms. The zero-order valence-electron chi connectivity index (χ0n) is 15.0. The summed E-state index contributed by atoms with van der Waals surface area (Å²) in [6.45, 7) is 15.9. The van der Waals surface area contributed by atoms with Gasteiger partial charge in [-0.2, -0.15) is 0 Å². The molecule has 21 heavy (non-hydrogen) atoms. The molecule has 1 aliphatic carbocycles. The molecule has 0 aromatic rings. The lowest BCUT2D eigenvalue weighted by Gasteiger charge is -2.42. The Morgan fingerprint density at radius 3 is 2.48 bits per heavy atom. The van der Waals surface area contributed by atoms with Gasteiger partial charge in [-0.3, -0.25) is 0 Å². The molecule has 2 heteroatoms. The van der Waals surface area contributed by atoms with Gasteiger partial charge in [0.2, 0.25) is 0 Å². The van der Waals surface area contributed by atoms with Crippen molar-refractivity contribution in [1.82, 2.24) is 10.2 Å². The van der Waals surface area contributed by atoms with Gasteiger partial charge in [-0.1, -0.05) is 47.0 Å². The van der Waals surface area contributed by atoms with Gasteiger partial charge in [0.15, 0.2) is 0 Å². The maximum atomic E-state index is 3.78. The van der Waals surface area contributed by atoms with Crippen molar-refractivity contribution in [2.24, 2.45) is 23.2 Å². The maximum Gasteiger partial charge on any atom is 0.00503 e. The highest BCUT2D eigenvalue weighted by Crippen LogP contribution is 2.40. The first-order chi connectivity index (χ1) is 10.0. The van der Waals surface area contributed by atoms with Crippen molar-refractivity contribution in [1.29, 1.82) is 0 Å². The fourth-order valence-electron chi connectivity index (χ4n) is 4.26. The quantitative estimate of drug-likeness (QED) is 0.758. The Hall–Kier alpha value is -0.0800. The Labute approximate surface area is 133 Å². The van der Waals surface area contributed by atoms with E-state index >= 15 is 0 Å². The second kappa shape index (κ2) is 7.97. The normalized spacial score (nSPS) is 34.7. The smallest absolute Gasteiger partial charge is 0.00503 e. The summed E-state index contributed by atoms with van der Waals surface area (Å²) in [6.07, 6.45) is 8.55. The average Bonchev–Trinajstić information content (AvgIpc) is 2.89. The molecule has 1 N–H and O–H groups in total. The third-order valence-corrected chi connectivity index (χ3v) is 5.89. The van der Waals surface area contributed by atoms with Crippen LogP contribution in [0.25, 0.3) is 0 Å². The van der Waals surface area contributed by atoms with Crippen molar-refractivity contribution < 1.29 is 0 Å². The number of hydrogen-bond acceptors (Lipinski definition) is 2. The van der Waals surface area contributed by atoms with Crippen LogP contribution in [-0.4, -0.2) is 37.6 Å². The minimum Gasteiger partial charge on any atom is -0.316 e. The van der Waals surface area contributed by atoms with Crippen LogP contribution in [0.2, 0.25) is 0 Å². The topological polar surface area (TPSA) is 15.3 Å². The highest BCUT2D eigenvalue weighted by Gasteiger charge is 2.37. The summed E-state index contributed by atoms with van der Waals surface area (Å²) in [5.74, 6) is 2.68. The lowest BCUT2D eigenvalue weighted by Crippen LogP contribution is -2.46. The van der Waals surface area contributed by atoms with Gasteiger partial charge >= 0.3 is 0 Å². The predicted molar refractivity (Wildman–Crippen MR) is 92.6 cm³/mol. The fourth-order valence-corrected chi connectivity index (χ4v) is 4.26. The van der Waals surface area contributed by atoms with Crippen molar-refractivity contribution >= 4 is 0 Å². The first-order valence-electron chi connectivity index (χ1n) is 9.46. The summed E-state index contributed by atoms with van der Waals surface area (Å²) in [6, 6.07) is 0. The van der Waals surface area contributed by atoms with Crippen molar-refractivity contribution in [2.45, 2.75) is 66.2 Å². The average molecular weight is 295 g/mol. The second-order valence-electron chi connectivity index (χ2n) is 8.51. The van der Waals surface area contributed by atoms with E-state index in [0.29, 0.717) is 5.41 Å². The Morgan fingerprint density at radius 2 is 1.90 bits per heavy atom. The van der Waals surface area contributed by atoms with Gasteiger partial charge in [0.1, 0.15) is 0 Å². The highest BCUT2D eigenvalue weighted by atomic mass is 15.2. The molecule has 0 radical (unpaired) electrons. The fraction of sp³-hybridized carbons (Fsp3) is 1.00. The van der Waals surface area contributed by atoms with Crippen LogP contribution in [0.4, 0.5) is 0 Å². The van der Waals surface area contributed by atoms with E-state index in [4.69, 9.17) is 0 Å². The first-order valence-corrected chi connectivity index (χ1v) is 9.46. The molecule has 1 aliphatic heterocycles. The standard InChI is InChI=1S/C19H38N2/c1-5-18-8-11-21(13-18)15-19(14-20-12-16(2)3)9-6-17(4)7-10-19/h16-18,20H,5-15H2,1-4H3. The number of rotatable bonds is 7. The molecule has 1 atom stereocenters. The van der Waals surface area contributed by atoms with Crippen LogP contribution in [0.15, 0.2) is 0 Å². The third-order valence-electron chi connectivity index (χ3n) is 5.89. The SMILES string of the molecule is CCC1CCN(CC2(CNCC(C)C)CCC(C)CC2)C1. The molecule has 124 valence electrons. The molecular weight excluding hydrogens is 256 g/mol. The van der Waals surface area contributed by atoms with Gasteiger partial charge < -0.3 is 10.2 Å². The van der Waals surface area contributed by atoms with Crippen LogP contribution in [0.1, 0.15) is 66.2 Å². The largest absolute Gasteiger partial charge is 0.316 e. The lowest BCUT2D eigenvalue weighted by atomic mass is 9.70. The predicted octanol–water partition coefficient (Wildman–Crippen LogP) is 4.16. The number of hydrogen-bond donors (Lipinski definition) is 1. The van der Waals surface area contributed by atoms with E-state index in [1.807, 2.05) is 0 Å². The van der Waals surface area contributed by atoms with E-state index in [1.54, 1.807) is 0 Å². The minimum absolute atomic E-state index is 0.560. The molecule has 2 rings (SSSR count). The number of nitrogens with one attached hydrogen (secondary N) is 1. The monoisotopic (exact) mass is 294 g/mol. The molecular formula is C19H38N2. The van der Waals surface area contributed by atoms with Crippen molar-refractivity contribution in [3.05, 3.63) is 0 Å². The maximum absolute atomic E-state index is 3.78. The van der Waals surface area contributed by atoms with Crippen molar-refractivity contribution in [3.8, 4) is 0 Å². The van der Waals surface area contributed by atoms with Crippen LogP contribution in [0, 0.1) is 23.2 Å². The molecule has 0 amide bonds. The Bertz CT molecular complexity index is 292. The van der Waals surface area contributed by atoms with Gasteiger partial charge in [-0.05, 0) is 55.5 Å². The van der Waals surface area contributed by atoms with Crippen LogP contribution in [0.3, 0.4) is 0 Å². The van der Waals surface area contributed by atoms with Crippen molar-refractivity contribution in [3.63, 3.8) is 0 Å². The first kappa shape index (κ1) is 17.3. The molecule has 1 saturated carbocycles. The van der Waals surface area contributed by atoms with Crippen LogP contribution in [0.5, 0.6) is 0 Å². The van der Waals surface area contributed by atoms with Gasteiger partial charge in [-0.15, -0.1) is 0 Å². The van der Waals surface area contributed by atoms with E-state index in [-0.39, 0.29) is 0 Å². The summed E-state index contributed by atoms with van der Waals surface area (Å²) in [5, 5.41) is 3.78. The van der Waals surface area contributed by atoms with E-state index in [1.165, 1.54) is 71.2 Å². The van der Waals surface area contributed by atoms with Gasteiger partial charge in [-0.25, -0.2) is 0 Å². The molecule has 2 fully saturated rings. The minimum atomic E-state index is 0.560. The molecule has 1 unspecified atom stereocenters. The van der Waals surface area contributed by atoms with Gasteiger partial charge in [0, 0.05) is 19.6 Å².